The van der Waals surface area contributed by atoms with Crippen molar-refractivity contribution < 1.29 is 8.42 Å². The smallest absolute Gasteiger partial charge is 0.243 e. The molecule has 5 heteroatoms. The van der Waals surface area contributed by atoms with Gasteiger partial charge in [0.15, 0.2) is 0 Å². The molecule has 0 amide bonds. The number of benzene rings is 1. The first-order chi connectivity index (χ1) is 9.05. The van der Waals surface area contributed by atoms with Gasteiger partial charge in [-0.3, -0.25) is 0 Å². The van der Waals surface area contributed by atoms with E-state index in [1.807, 2.05) is 32.2 Å². The Morgan fingerprint density at radius 1 is 1.32 bits per heavy atom. The van der Waals surface area contributed by atoms with E-state index in [0.717, 1.165) is 12.0 Å². The quantitative estimate of drug-likeness (QED) is 0.855. The molecule has 1 aliphatic rings. The minimum absolute atomic E-state index is 0.414. The van der Waals surface area contributed by atoms with E-state index in [1.165, 1.54) is 5.57 Å². The third kappa shape index (κ3) is 3.05. The SMILES string of the molecule is CNCc1ccccc1S(=O)(=O)N1CC=C(C)CC1. The van der Waals surface area contributed by atoms with Gasteiger partial charge in [-0.25, -0.2) is 8.42 Å². The lowest BCUT2D eigenvalue weighted by atomic mass is 10.1. The first-order valence-electron chi connectivity index (χ1n) is 6.44. The van der Waals surface area contributed by atoms with Crippen LogP contribution in [0.25, 0.3) is 0 Å². The van der Waals surface area contributed by atoms with Crippen LogP contribution in [0.15, 0.2) is 40.8 Å². The molecule has 0 radical (unpaired) electrons. The summed E-state index contributed by atoms with van der Waals surface area (Å²) >= 11 is 0. The number of nitrogens with one attached hydrogen (secondary N) is 1. The summed E-state index contributed by atoms with van der Waals surface area (Å²) in [4.78, 5) is 0.414. The van der Waals surface area contributed by atoms with Crippen LogP contribution < -0.4 is 5.32 Å². The normalized spacial score (nSPS) is 17.3. The van der Waals surface area contributed by atoms with E-state index in [9.17, 15) is 8.42 Å². The van der Waals surface area contributed by atoms with Crippen molar-refractivity contribution in [3.63, 3.8) is 0 Å². The minimum atomic E-state index is -3.39. The van der Waals surface area contributed by atoms with Gasteiger partial charge >= 0.3 is 0 Å². The van der Waals surface area contributed by atoms with Crippen molar-refractivity contribution in [2.75, 3.05) is 20.1 Å². The molecule has 4 nitrogen and oxygen atoms in total. The van der Waals surface area contributed by atoms with Gasteiger partial charge in [-0.05, 0) is 32.0 Å². The molecule has 1 heterocycles. The number of sulfonamides is 1. The highest BCUT2D eigenvalue weighted by molar-refractivity contribution is 7.89. The van der Waals surface area contributed by atoms with Crippen molar-refractivity contribution in [3.8, 4) is 0 Å². The molecular weight excluding hydrogens is 260 g/mol. The molecule has 0 aliphatic carbocycles. The maximum absolute atomic E-state index is 12.7. The van der Waals surface area contributed by atoms with Crippen molar-refractivity contribution in [1.82, 2.24) is 9.62 Å². The van der Waals surface area contributed by atoms with E-state index in [-0.39, 0.29) is 0 Å². The molecule has 0 atom stereocenters. The molecule has 1 aliphatic heterocycles. The van der Waals surface area contributed by atoms with Crippen LogP contribution in [0.5, 0.6) is 0 Å². The Hall–Kier alpha value is -1.17. The second-order valence-corrected chi connectivity index (χ2v) is 6.71. The highest BCUT2D eigenvalue weighted by Gasteiger charge is 2.27. The van der Waals surface area contributed by atoms with Crippen molar-refractivity contribution in [2.45, 2.75) is 24.8 Å². The van der Waals surface area contributed by atoms with Gasteiger partial charge in [0.2, 0.25) is 10.0 Å². The zero-order valence-electron chi connectivity index (χ0n) is 11.4. The Balaban J connectivity index is 2.34. The van der Waals surface area contributed by atoms with Gasteiger partial charge in [-0.15, -0.1) is 0 Å². The number of nitrogens with zero attached hydrogens (tertiary/aromatic N) is 1. The molecule has 1 aromatic rings. The second kappa shape index (κ2) is 5.86. The Bertz CT molecular complexity index is 579. The van der Waals surface area contributed by atoms with E-state index < -0.39 is 10.0 Å². The fourth-order valence-corrected chi connectivity index (χ4v) is 3.80. The summed E-state index contributed by atoms with van der Waals surface area (Å²) < 4.78 is 26.9. The topological polar surface area (TPSA) is 49.4 Å². The summed E-state index contributed by atoms with van der Waals surface area (Å²) in [6.45, 7) is 3.64. The maximum Gasteiger partial charge on any atom is 0.243 e. The van der Waals surface area contributed by atoms with Crippen LogP contribution in [-0.2, 0) is 16.6 Å². The van der Waals surface area contributed by atoms with Crippen LogP contribution in [-0.4, -0.2) is 32.9 Å². The first kappa shape index (κ1) is 14.2. The average Bonchev–Trinajstić information content (AvgIpc) is 2.40. The monoisotopic (exact) mass is 280 g/mol. The lowest BCUT2D eigenvalue weighted by Gasteiger charge is -2.25. The Kier molecular flexibility index (Phi) is 4.39. The van der Waals surface area contributed by atoms with Gasteiger partial charge in [0.1, 0.15) is 0 Å². The largest absolute Gasteiger partial charge is 0.316 e. The Labute approximate surface area is 115 Å². The van der Waals surface area contributed by atoms with Crippen LogP contribution in [0, 0.1) is 0 Å². The van der Waals surface area contributed by atoms with Gasteiger partial charge < -0.3 is 5.32 Å². The van der Waals surface area contributed by atoms with Crippen LogP contribution in [0.1, 0.15) is 18.9 Å². The van der Waals surface area contributed by atoms with Gasteiger partial charge in [-0.2, -0.15) is 4.31 Å². The van der Waals surface area contributed by atoms with E-state index in [2.05, 4.69) is 5.32 Å². The van der Waals surface area contributed by atoms with Gasteiger partial charge in [0.05, 0.1) is 4.90 Å². The van der Waals surface area contributed by atoms with Crippen LogP contribution in [0.3, 0.4) is 0 Å². The number of hydrogen-bond acceptors (Lipinski definition) is 3. The zero-order valence-corrected chi connectivity index (χ0v) is 12.2. The fourth-order valence-electron chi connectivity index (χ4n) is 2.20. The highest BCUT2D eigenvalue weighted by Crippen LogP contribution is 2.23. The van der Waals surface area contributed by atoms with Crippen LogP contribution in [0.4, 0.5) is 0 Å². The summed E-state index contributed by atoms with van der Waals surface area (Å²) in [5.41, 5.74) is 2.08. The molecule has 1 N–H and O–H groups in total. The van der Waals surface area contributed by atoms with E-state index in [4.69, 9.17) is 0 Å². The Morgan fingerprint density at radius 3 is 2.68 bits per heavy atom. The first-order valence-corrected chi connectivity index (χ1v) is 7.88. The van der Waals surface area contributed by atoms with Crippen LogP contribution >= 0.6 is 0 Å². The van der Waals surface area contributed by atoms with Gasteiger partial charge in [-0.1, -0.05) is 29.8 Å². The molecule has 0 fully saturated rings. The third-order valence-electron chi connectivity index (χ3n) is 3.36. The number of hydrogen-bond donors (Lipinski definition) is 1. The molecule has 19 heavy (non-hydrogen) atoms. The summed E-state index contributed by atoms with van der Waals surface area (Å²) in [7, 11) is -1.57. The molecule has 104 valence electrons. The van der Waals surface area contributed by atoms with Crippen molar-refractivity contribution >= 4 is 10.0 Å². The predicted molar refractivity (Wildman–Crippen MR) is 76.3 cm³/mol. The summed E-state index contributed by atoms with van der Waals surface area (Å²) in [6, 6.07) is 7.19. The fraction of sp³-hybridized carbons (Fsp3) is 0.429. The molecule has 0 saturated carbocycles. The average molecular weight is 280 g/mol. The molecule has 1 aromatic carbocycles. The van der Waals surface area contributed by atoms with E-state index in [1.54, 1.807) is 16.4 Å². The predicted octanol–water partition coefficient (Wildman–Crippen LogP) is 1.75. The third-order valence-corrected chi connectivity index (χ3v) is 5.32. The van der Waals surface area contributed by atoms with E-state index in [0.29, 0.717) is 24.5 Å². The Morgan fingerprint density at radius 2 is 2.05 bits per heavy atom. The zero-order chi connectivity index (χ0) is 13.9. The minimum Gasteiger partial charge on any atom is -0.316 e. The number of rotatable bonds is 4. The molecule has 0 spiro atoms. The summed E-state index contributed by atoms with van der Waals surface area (Å²) in [5, 5.41) is 3.01. The van der Waals surface area contributed by atoms with Crippen molar-refractivity contribution in [1.29, 1.82) is 0 Å². The highest BCUT2D eigenvalue weighted by atomic mass is 32.2. The summed E-state index contributed by atoms with van der Waals surface area (Å²) in [6.07, 6.45) is 2.80. The standard InChI is InChI=1S/C14H20N2O2S/c1-12-7-9-16(10-8-12)19(17,18)14-6-4-3-5-13(14)11-15-2/h3-7,15H,8-11H2,1-2H3. The molecular formula is C14H20N2O2S. The molecule has 0 saturated heterocycles. The van der Waals surface area contributed by atoms with Crippen molar-refractivity contribution in [2.24, 2.45) is 0 Å². The molecule has 2 rings (SSSR count). The summed E-state index contributed by atoms with van der Waals surface area (Å²) in [5.74, 6) is 0. The molecule has 0 aromatic heterocycles. The van der Waals surface area contributed by atoms with Gasteiger partial charge in [0.25, 0.3) is 0 Å². The second-order valence-electron chi connectivity index (χ2n) is 4.80. The van der Waals surface area contributed by atoms with E-state index >= 15 is 0 Å². The lowest BCUT2D eigenvalue weighted by Crippen LogP contribution is -2.35. The van der Waals surface area contributed by atoms with Gasteiger partial charge in [0, 0.05) is 19.6 Å². The van der Waals surface area contributed by atoms with Crippen LogP contribution in [0.2, 0.25) is 0 Å². The maximum atomic E-state index is 12.7. The van der Waals surface area contributed by atoms with Crippen molar-refractivity contribution in [3.05, 3.63) is 41.5 Å². The molecule has 0 bridgehead atoms. The lowest BCUT2D eigenvalue weighted by molar-refractivity contribution is 0.430. The molecule has 0 unspecified atom stereocenters.